The van der Waals surface area contributed by atoms with Gasteiger partial charge in [-0.15, -0.1) is 5.10 Å². The maximum atomic E-state index is 12.4. The van der Waals surface area contributed by atoms with Crippen LogP contribution in [-0.4, -0.2) is 37.9 Å². The molecule has 0 saturated carbocycles. The number of anilines is 1. The molecule has 0 unspecified atom stereocenters. The van der Waals surface area contributed by atoms with Gasteiger partial charge >= 0.3 is 11.6 Å². The maximum absolute atomic E-state index is 12.4. The first-order valence-corrected chi connectivity index (χ1v) is 8.62. The Morgan fingerprint density at radius 3 is 2.89 bits per heavy atom. The minimum atomic E-state index is -0.777. The first kappa shape index (κ1) is 18.9. The van der Waals surface area contributed by atoms with Gasteiger partial charge in [-0.2, -0.15) is 5.10 Å². The van der Waals surface area contributed by atoms with Gasteiger partial charge in [-0.3, -0.25) is 24.7 Å². The number of nitrogens with zero attached hydrogens (tertiary/aromatic N) is 4. The maximum Gasteiger partial charge on any atom is 0.362 e. The number of hydrogen-bond acceptors (Lipinski definition) is 6. The summed E-state index contributed by atoms with van der Waals surface area (Å²) in [5.74, 6) is -0.871. The van der Waals surface area contributed by atoms with Crippen molar-refractivity contribution in [3.63, 3.8) is 0 Å². The quantitative estimate of drug-likeness (QED) is 0.434. The number of H-pyrrole nitrogens is 1. The molecule has 10 nitrogen and oxygen atoms in total. The summed E-state index contributed by atoms with van der Waals surface area (Å²) in [6.07, 6.45) is 1.65. The Bertz CT molecular complexity index is 1020. The lowest BCUT2D eigenvalue weighted by molar-refractivity contribution is -0.386. The van der Waals surface area contributed by atoms with Gasteiger partial charge in [0.15, 0.2) is 5.82 Å². The van der Waals surface area contributed by atoms with E-state index in [1.165, 1.54) is 7.11 Å². The summed E-state index contributed by atoms with van der Waals surface area (Å²) >= 11 is 9.44. The number of aromatic amines is 1. The Morgan fingerprint density at radius 1 is 1.48 bits per heavy atom. The third kappa shape index (κ3) is 3.93. The number of carbonyl (C=O) groups excluding carboxylic acids is 1. The summed E-state index contributed by atoms with van der Waals surface area (Å²) in [5.41, 5.74) is -0.0491. The second kappa shape index (κ2) is 7.76. The lowest BCUT2D eigenvalue weighted by Gasteiger charge is -2.04. The summed E-state index contributed by atoms with van der Waals surface area (Å²) in [6, 6.07) is 7.30. The second-order valence-electron chi connectivity index (χ2n) is 5.28. The topological polar surface area (TPSA) is 128 Å². The molecule has 3 aromatic rings. The fourth-order valence-corrected chi connectivity index (χ4v) is 2.93. The summed E-state index contributed by atoms with van der Waals surface area (Å²) in [6.45, 7) is 0.381. The van der Waals surface area contributed by atoms with Crippen molar-refractivity contribution in [2.45, 2.75) is 6.54 Å². The first-order valence-electron chi connectivity index (χ1n) is 7.45. The largest absolute Gasteiger partial charge is 0.475 e. The molecule has 0 atom stereocenters. The Kier molecular flexibility index (Phi) is 5.42. The van der Waals surface area contributed by atoms with Crippen molar-refractivity contribution in [1.29, 1.82) is 0 Å². The van der Waals surface area contributed by atoms with Crippen LogP contribution in [0.5, 0.6) is 5.88 Å². The molecule has 0 radical (unpaired) electrons. The molecule has 2 heterocycles. The van der Waals surface area contributed by atoms with E-state index in [-0.39, 0.29) is 17.4 Å². The molecule has 1 aromatic carbocycles. The zero-order chi connectivity index (χ0) is 19.6. The minimum absolute atomic E-state index is 0.190. The van der Waals surface area contributed by atoms with Gasteiger partial charge in [0.25, 0.3) is 5.91 Å². The summed E-state index contributed by atoms with van der Waals surface area (Å²) in [7, 11) is 1.22. The van der Waals surface area contributed by atoms with Crippen molar-refractivity contribution in [3.8, 4) is 5.88 Å². The van der Waals surface area contributed by atoms with E-state index < -0.39 is 16.5 Å². The molecule has 2 N–H and O–H groups in total. The predicted octanol–water partition coefficient (Wildman–Crippen LogP) is 3.24. The van der Waals surface area contributed by atoms with Gasteiger partial charge in [0.2, 0.25) is 5.69 Å². The summed E-state index contributed by atoms with van der Waals surface area (Å²) in [4.78, 5) is 22.8. The van der Waals surface area contributed by atoms with Crippen LogP contribution in [-0.2, 0) is 6.54 Å². The van der Waals surface area contributed by atoms with Gasteiger partial charge in [0.1, 0.15) is 0 Å². The lowest BCUT2D eigenvalue weighted by atomic mass is 10.2. The van der Waals surface area contributed by atoms with Gasteiger partial charge < -0.3 is 10.1 Å². The summed E-state index contributed by atoms with van der Waals surface area (Å²) < 4.78 is 6.86. The zero-order valence-corrected chi connectivity index (χ0v) is 16.1. The van der Waals surface area contributed by atoms with E-state index in [4.69, 9.17) is 16.3 Å². The summed E-state index contributed by atoms with van der Waals surface area (Å²) in [5, 5.41) is 24.4. The highest BCUT2D eigenvalue weighted by atomic mass is 79.9. The van der Waals surface area contributed by atoms with Crippen LogP contribution in [0.1, 0.15) is 16.1 Å². The highest BCUT2D eigenvalue weighted by Crippen LogP contribution is 2.29. The second-order valence-corrected chi connectivity index (χ2v) is 6.54. The molecule has 12 heteroatoms. The molecule has 1 amide bonds. The molecule has 0 spiro atoms. The number of rotatable bonds is 6. The molecular formula is C15H12BrClN6O4. The van der Waals surface area contributed by atoms with E-state index in [1.54, 1.807) is 16.9 Å². The Hall–Kier alpha value is -2.92. The van der Waals surface area contributed by atoms with E-state index >= 15 is 0 Å². The van der Waals surface area contributed by atoms with Crippen molar-refractivity contribution >= 4 is 44.9 Å². The molecule has 0 saturated heterocycles. The van der Waals surface area contributed by atoms with E-state index in [9.17, 15) is 14.9 Å². The molecule has 3 rings (SSSR count). The van der Waals surface area contributed by atoms with Crippen LogP contribution in [0.15, 0.2) is 34.9 Å². The van der Waals surface area contributed by atoms with E-state index in [0.29, 0.717) is 16.0 Å². The molecule has 0 aliphatic heterocycles. The standard InChI is InChI=1S/C15H12BrClN6O4/c1-27-15-12(23(25)26)11(19-20-15)14(24)18-13-9(16)7-22(21-13)6-8-4-2-3-5-10(8)17/h2-5,7H,6H2,1H3,(H,19,20)(H,18,21,24). The third-order valence-corrected chi connectivity index (χ3v) is 4.50. The van der Waals surface area contributed by atoms with Gasteiger partial charge in [-0.1, -0.05) is 29.8 Å². The van der Waals surface area contributed by atoms with E-state index in [2.05, 4.69) is 36.5 Å². The number of benzene rings is 1. The molecule has 27 heavy (non-hydrogen) atoms. The normalized spacial score (nSPS) is 10.6. The molecule has 0 aliphatic carbocycles. The molecule has 140 valence electrons. The van der Waals surface area contributed by atoms with Crippen LogP contribution in [0.25, 0.3) is 0 Å². The van der Waals surface area contributed by atoms with Crippen LogP contribution >= 0.6 is 27.5 Å². The van der Waals surface area contributed by atoms with Crippen LogP contribution < -0.4 is 10.1 Å². The number of carbonyl (C=O) groups is 1. The Labute approximate surface area is 165 Å². The average molecular weight is 456 g/mol. The number of hydrogen-bond donors (Lipinski definition) is 2. The number of aromatic nitrogens is 4. The number of amides is 1. The number of methoxy groups -OCH3 is 1. The van der Waals surface area contributed by atoms with Crippen molar-refractivity contribution in [3.05, 3.63) is 61.3 Å². The molecule has 0 fully saturated rings. The number of nitro groups is 1. The van der Waals surface area contributed by atoms with Crippen LogP contribution in [0.3, 0.4) is 0 Å². The van der Waals surface area contributed by atoms with Crippen LogP contribution in [0.4, 0.5) is 11.5 Å². The van der Waals surface area contributed by atoms with Crippen LogP contribution in [0.2, 0.25) is 5.02 Å². The zero-order valence-electron chi connectivity index (χ0n) is 13.8. The van der Waals surface area contributed by atoms with E-state index in [0.717, 1.165) is 5.56 Å². The van der Waals surface area contributed by atoms with Gasteiger partial charge in [-0.05, 0) is 27.6 Å². The van der Waals surface area contributed by atoms with Gasteiger partial charge in [0, 0.05) is 11.2 Å². The number of nitrogens with one attached hydrogen (secondary N) is 2. The highest BCUT2D eigenvalue weighted by Gasteiger charge is 2.30. The molecular weight excluding hydrogens is 444 g/mol. The lowest BCUT2D eigenvalue weighted by Crippen LogP contribution is -2.15. The average Bonchev–Trinajstić information content (AvgIpc) is 3.20. The Balaban J connectivity index is 1.82. The van der Waals surface area contributed by atoms with Gasteiger partial charge in [0.05, 0.1) is 23.1 Å². The SMILES string of the molecule is COc1n[nH]c(C(=O)Nc2nn(Cc3ccccc3Cl)cc2Br)c1[N+](=O)[O-]. The molecule has 2 aromatic heterocycles. The minimum Gasteiger partial charge on any atom is -0.475 e. The van der Waals surface area contributed by atoms with E-state index in [1.807, 2.05) is 18.2 Å². The van der Waals surface area contributed by atoms with Crippen molar-refractivity contribution < 1.29 is 14.5 Å². The van der Waals surface area contributed by atoms with Crippen molar-refractivity contribution in [1.82, 2.24) is 20.0 Å². The fraction of sp³-hybridized carbons (Fsp3) is 0.133. The molecule has 0 bridgehead atoms. The number of ether oxygens (including phenoxy) is 1. The smallest absolute Gasteiger partial charge is 0.362 e. The molecule has 0 aliphatic rings. The van der Waals surface area contributed by atoms with Crippen molar-refractivity contribution in [2.75, 3.05) is 12.4 Å². The van der Waals surface area contributed by atoms with Crippen LogP contribution in [0, 0.1) is 10.1 Å². The monoisotopic (exact) mass is 454 g/mol. The Morgan fingerprint density at radius 2 is 2.22 bits per heavy atom. The third-order valence-electron chi connectivity index (χ3n) is 3.55. The highest BCUT2D eigenvalue weighted by molar-refractivity contribution is 9.10. The first-order chi connectivity index (χ1) is 12.9. The number of halogens is 2. The predicted molar refractivity (Wildman–Crippen MR) is 100 cm³/mol. The van der Waals surface area contributed by atoms with Gasteiger partial charge in [-0.25, -0.2) is 0 Å². The fourth-order valence-electron chi connectivity index (χ4n) is 2.32. The van der Waals surface area contributed by atoms with Crippen molar-refractivity contribution in [2.24, 2.45) is 0 Å².